The number of carbonyl (C=O) groups excluding carboxylic acids is 1. The van der Waals surface area contributed by atoms with Crippen molar-refractivity contribution in [3.63, 3.8) is 0 Å². The first-order valence-electron chi connectivity index (χ1n) is 13.6. The molecule has 0 spiro atoms. The summed E-state index contributed by atoms with van der Waals surface area (Å²) in [5, 5.41) is 25.5. The smallest absolute Gasteiger partial charge is 0.272 e. The quantitative estimate of drug-likeness (QED) is 0.286. The first kappa shape index (κ1) is 27.4. The highest BCUT2D eigenvalue weighted by Crippen LogP contribution is 2.35. The van der Waals surface area contributed by atoms with Gasteiger partial charge in [0.15, 0.2) is 0 Å². The van der Waals surface area contributed by atoms with Gasteiger partial charge in [-0.25, -0.2) is 4.98 Å². The van der Waals surface area contributed by atoms with Crippen LogP contribution in [0, 0.1) is 5.92 Å². The highest BCUT2D eigenvalue weighted by atomic mass is 79.9. The second-order valence-electron chi connectivity index (χ2n) is 10.7. The molecule has 0 atom stereocenters. The number of likely N-dealkylation sites (tertiary alicyclic amines) is 2. The van der Waals surface area contributed by atoms with Crippen molar-refractivity contribution in [3.8, 4) is 11.5 Å². The molecule has 2 fully saturated rings. The van der Waals surface area contributed by atoms with Gasteiger partial charge in [-0.2, -0.15) is 0 Å². The maximum absolute atomic E-state index is 13.3. The molecule has 2 saturated heterocycles. The number of phenols is 1. The number of amides is 1. The molecule has 206 valence electrons. The lowest BCUT2D eigenvalue weighted by Gasteiger charge is -2.49. The number of fused-ring (bicyclic) bond motifs is 1. The van der Waals surface area contributed by atoms with Gasteiger partial charge in [0.1, 0.15) is 29.3 Å². The Balaban J connectivity index is 1.22. The van der Waals surface area contributed by atoms with Crippen molar-refractivity contribution in [1.82, 2.24) is 14.8 Å². The summed E-state index contributed by atoms with van der Waals surface area (Å²) in [6.45, 7) is 7.97. The van der Waals surface area contributed by atoms with E-state index < -0.39 is 0 Å². The molecule has 0 unspecified atom stereocenters. The minimum absolute atomic E-state index is 0.00774. The molecule has 1 aromatic heterocycles. The van der Waals surface area contributed by atoms with Crippen molar-refractivity contribution in [2.24, 2.45) is 11.1 Å². The van der Waals surface area contributed by atoms with Crippen LogP contribution in [0.1, 0.15) is 55.6 Å². The summed E-state index contributed by atoms with van der Waals surface area (Å²) in [5.41, 5.74) is 2.52. The third-order valence-corrected chi connectivity index (χ3v) is 8.75. The summed E-state index contributed by atoms with van der Waals surface area (Å²) in [6.07, 6.45) is 3.73. The summed E-state index contributed by atoms with van der Waals surface area (Å²) in [6, 6.07) is 14.5. The van der Waals surface area contributed by atoms with E-state index in [0.29, 0.717) is 31.0 Å². The van der Waals surface area contributed by atoms with Crippen LogP contribution in [0.15, 0.2) is 58.2 Å². The van der Waals surface area contributed by atoms with Gasteiger partial charge in [-0.3, -0.25) is 9.69 Å². The number of benzene rings is 2. The second kappa shape index (κ2) is 11.5. The Labute approximate surface area is 237 Å². The van der Waals surface area contributed by atoms with E-state index >= 15 is 0 Å². The fourth-order valence-corrected chi connectivity index (χ4v) is 6.07. The number of rotatable bonds is 6. The van der Waals surface area contributed by atoms with Crippen LogP contribution >= 0.6 is 15.9 Å². The fourth-order valence-electron chi connectivity index (χ4n) is 5.81. The number of pyridine rings is 1. The van der Waals surface area contributed by atoms with Gasteiger partial charge in [-0.1, -0.05) is 39.3 Å². The average Bonchev–Trinajstić information content (AvgIpc) is 2.95. The second-order valence-corrected chi connectivity index (χ2v) is 11.6. The van der Waals surface area contributed by atoms with Crippen LogP contribution in [0.3, 0.4) is 0 Å². The molecule has 3 heterocycles. The minimum atomic E-state index is -0.220. The van der Waals surface area contributed by atoms with Gasteiger partial charge in [-0.05, 0) is 82.4 Å². The first-order valence-corrected chi connectivity index (χ1v) is 14.4. The Morgan fingerprint density at radius 1 is 1.08 bits per heavy atom. The number of aromatic nitrogens is 1. The number of aromatic hydroxyl groups is 2. The molecule has 39 heavy (non-hydrogen) atoms. The van der Waals surface area contributed by atoms with E-state index in [-0.39, 0.29) is 34.2 Å². The molecular weight excluding hydrogens is 560 g/mol. The van der Waals surface area contributed by atoms with Crippen molar-refractivity contribution in [3.05, 3.63) is 64.3 Å². The highest BCUT2D eigenvalue weighted by molar-refractivity contribution is 9.10. The monoisotopic (exact) mass is 594 g/mol. The van der Waals surface area contributed by atoms with E-state index in [9.17, 15) is 15.0 Å². The molecule has 0 radical (unpaired) electrons. The van der Waals surface area contributed by atoms with Gasteiger partial charge >= 0.3 is 0 Å². The fraction of sp³-hybridized carbons (Fsp3) is 0.433. The molecule has 2 N–H and O–H groups in total. The minimum Gasteiger partial charge on any atom is -0.507 e. The third kappa shape index (κ3) is 5.75. The largest absolute Gasteiger partial charge is 0.507 e. The van der Waals surface area contributed by atoms with Crippen LogP contribution in [0.4, 0.5) is 0 Å². The van der Waals surface area contributed by atoms with E-state index in [0.717, 1.165) is 54.5 Å². The number of halogens is 1. The van der Waals surface area contributed by atoms with Crippen LogP contribution in [0.5, 0.6) is 11.5 Å². The standard InChI is InChI=1S/C30H35BrN4O4/c1-3-39-33-27(20-7-9-22(31)10-8-20)21-11-15-35(16-12-21)30(2)13-17-34(18-14-30)29(38)24-19-26(37)23-5-4-6-25(36)28(23)32-24/h4-10,19,21,36H,3,11-18H2,1-2H3,(H,32,37). The normalized spacial score (nSPS) is 18.8. The Morgan fingerprint density at radius 2 is 1.77 bits per heavy atom. The van der Waals surface area contributed by atoms with Gasteiger partial charge in [0, 0.05) is 40.5 Å². The van der Waals surface area contributed by atoms with E-state index in [1.165, 1.54) is 12.1 Å². The van der Waals surface area contributed by atoms with Crippen molar-refractivity contribution in [2.45, 2.75) is 45.1 Å². The van der Waals surface area contributed by atoms with Gasteiger partial charge in [0.2, 0.25) is 0 Å². The summed E-state index contributed by atoms with van der Waals surface area (Å²) in [4.78, 5) is 27.5. The lowest BCUT2D eigenvalue weighted by atomic mass is 9.82. The van der Waals surface area contributed by atoms with E-state index in [1.54, 1.807) is 12.1 Å². The SMILES string of the molecule is CCON=C(c1ccc(Br)cc1)C1CCN(C2(C)CCN(C(=O)c3cc(O)c4cccc(O)c4n3)CC2)CC1. The topological polar surface area (TPSA) is 98.5 Å². The zero-order valence-electron chi connectivity index (χ0n) is 22.4. The summed E-state index contributed by atoms with van der Waals surface area (Å²) < 4.78 is 1.04. The number of oxime groups is 1. The molecule has 8 nitrogen and oxygen atoms in total. The van der Waals surface area contributed by atoms with Crippen molar-refractivity contribution < 1.29 is 19.8 Å². The van der Waals surface area contributed by atoms with Crippen LogP contribution < -0.4 is 0 Å². The number of piperidine rings is 2. The van der Waals surface area contributed by atoms with Crippen molar-refractivity contribution in [2.75, 3.05) is 32.8 Å². The highest BCUT2D eigenvalue weighted by Gasteiger charge is 2.39. The molecule has 9 heteroatoms. The van der Waals surface area contributed by atoms with Crippen LogP contribution in [-0.4, -0.2) is 74.9 Å². The molecule has 2 aliphatic heterocycles. The van der Waals surface area contributed by atoms with Crippen LogP contribution in [0.25, 0.3) is 10.9 Å². The van der Waals surface area contributed by atoms with Gasteiger partial charge in [0.05, 0.1) is 5.71 Å². The van der Waals surface area contributed by atoms with Gasteiger partial charge < -0.3 is 20.0 Å². The maximum atomic E-state index is 13.3. The molecule has 1 amide bonds. The zero-order valence-corrected chi connectivity index (χ0v) is 24.0. The molecule has 3 aromatic rings. The lowest BCUT2D eigenvalue weighted by molar-refractivity contribution is 0.0159. The van der Waals surface area contributed by atoms with Crippen LogP contribution in [-0.2, 0) is 4.84 Å². The summed E-state index contributed by atoms with van der Waals surface area (Å²) >= 11 is 3.52. The molecule has 2 aromatic carbocycles. The molecule has 0 aliphatic carbocycles. The summed E-state index contributed by atoms with van der Waals surface area (Å²) in [5.74, 6) is 0.00539. The predicted octanol–water partition coefficient (Wildman–Crippen LogP) is 5.56. The Kier molecular flexibility index (Phi) is 8.09. The predicted molar refractivity (Wildman–Crippen MR) is 155 cm³/mol. The maximum Gasteiger partial charge on any atom is 0.272 e. The number of carbonyl (C=O) groups is 1. The van der Waals surface area contributed by atoms with E-state index in [1.807, 2.05) is 24.0 Å². The van der Waals surface area contributed by atoms with Gasteiger partial charge in [0.25, 0.3) is 5.91 Å². The van der Waals surface area contributed by atoms with Crippen molar-refractivity contribution >= 4 is 38.5 Å². The third-order valence-electron chi connectivity index (χ3n) is 8.22. The number of nitrogens with zero attached hydrogens (tertiary/aromatic N) is 4. The van der Waals surface area contributed by atoms with E-state index in [2.05, 4.69) is 50.0 Å². The van der Waals surface area contributed by atoms with Crippen molar-refractivity contribution in [1.29, 1.82) is 0 Å². The average molecular weight is 596 g/mol. The molecular formula is C30H35BrN4O4. The van der Waals surface area contributed by atoms with E-state index in [4.69, 9.17) is 4.84 Å². The Hall–Kier alpha value is -3.17. The molecule has 0 bridgehead atoms. The number of hydrogen-bond acceptors (Lipinski definition) is 7. The molecule has 0 saturated carbocycles. The summed E-state index contributed by atoms with van der Waals surface area (Å²) in [7, 11) is 0. The Bertz CT molecular complexity index is 1360. The number of phenolic OH excluding ortho intramolecular Hbond substituents is 1. The van der Waals surface area contributed by atoms with Gasteiger partial charge in [-0.15, -0.1) is 0 Å². The molecule has 5 rings (SSSR count). The zero-order chi connectivity index (χ0) is 27.6. The molecule has 2 aliphatic rings. The number of hydrogen-bond donors (Lipinski definition) is 2. The van der Waals surface area contributed by atoms with Crippen LogP contribution in [0.2, 0.25) is 0 Å². The Morgan fingerprint density at radius 3 is 2.44 bits per heavy atom. The lowest BCUT2D eigenvalue weighted by Crippen LogP contribution is -2.56. The first-order chi connectivity index (χ1) is 18.8. The number of para-hydroxylation sites is 1.